The van der Waals surface area contributed by atoms with Gasteiger partial charge in [0.2, 0.25) is 0 Å². The number of nitrogen functional groups attached to an aromatic ring is 1. The molecule has 0 saturated carbocycles. The predicted molar refractivity (Wildman–Crippen MR) is 65.9 cm³/mol. The summed E-state index contributed by atoms with van der Waals surface area (Å²) in [5.74, 6) is -0.548. The van der Waals surface area contributed by atoms with Gasteiger partial charge in [0.25, 0.3) is 5.91 Å². The second kappa shape index (κ2) is 6.04. The van der Waals surface area contributed by atoms with E-state index in [1.54, 1.807) is 14.0 Å². The number of aromatic amines is 1. The highest BCUT2D eigenvalue weighted by Gasteiger charge is 2.19. The molecule has 1 rings (SSSR count). The minimum absolute atomic E-state index is 0.216. The first-order valence-corrected chi connectivity index (χ1v) is 5.60. The van der Waals surface area contributed by atoms with E-state index >= 15 is 0 Å². The molecule has 0 unspecified atom stereocenters. The molecule has 1 amide bonds. The van der Waals surface area contributed by atoms with Crippen LogP contribution in [0.2, 0.25) is 0 Å². The molecular weight excluding hydrogens is 236 g/mol. The minimum atomic E-state index is -0.286. The van der Waals surface area contributed by atoms with Crippen LogP contribution in [-0.2, 0) is 9.53 Å². The minimum Gasteiger partial charge on any atom is -0.469 e. The first-order valence-electron chi connectivity index (χ1n) is 5.60. The van der Waals surface area contributed by atoms with Crippen molar-refractivity contribution in [2.24, 2.45) is 0 Å². The number of nitrogens with two attached hydrogens (primary N) is 1. The number of carbonyl (C=O) groups excluding carboxylic acids is 2. The lowest BCUT2D eigenvalue weighted by Gasteiger charge is -2.15. The van der Waals surface area contributed by atoms with Gasteiger partial charge in [-0.3, -0.25) is 14.7 Å². The van der Waals surface area contributed by atoms with E-state index in [-0.39, 0.29) is 24.0 Å². The van der Waals surface area contributed by atoms with E-state index in [9.17, 15) is 9.59 Å². The molecule has 7 nitrogen and oxygen atoms in total. The van der Waals surface area contributed by atoms with Crippen LogP contribution in [0.5, 0.6) is 0 Å². The van der Waals surface area contributed by atoms with Crippen molar-refractivity contribution < 1.29 is 14.3 Å². The lowest BCUT2D eigenvalue weighted by Crippen LogP contribution is -2.29. The number of amides is 1. The third-order valence-electron chi connectivity index (χ3n) is 2.65. The average Bonchev–Trinajstić information content (AvgIpc) is 2.68. The molecule has 1 heterocycles. The maximum Gasteiger partial charge on any atom is 0.305 e. The Morgan fingerprint density at radius 3 is 2.67 bits per heavy atom. The van der Waals surface area contributed by atoms with Crippen molar-refractivity contribution >= 4 is 17.6 Å². The summed E-state index contributed by atoms with van der Waals surface area (Å²) in [5.41, 5.74) is 6.97. The molecule has 0 atom stereocenters. The topological polar surface area (TPSA) is 101 Å². The standard InChI is InChI=1S/C11H18N4O3/c1-7-9(12)10(14-13-7)11(17)15(2)6-4-5-8(16)18-3/h4-6,12H2,1-3H3,(H,13,14). The number of nitrogens with zero attached hydrogens (tertiary/aromatic N) is 2. The van der Waals surface area contributed by atoms with E-state index < -0.39 is 0 Å². The van der Waals surface area contributed by atoms with E-state index in [0.29, 0.717) is 24.3 Å². The second-order valence-corrected chi connectivity index (χ2v) is 4.02. The Kier molecular flexibility index (Phi) is 4.70. The summed E-state index contributed by atoms with van der Waals surface area (Å²) in [5, 5.41) is 6.52. The number of esters is 1. The maximum absolute atomic E-state index is 12.0. The summed E-state index contributed by atoms with van der Waals surface area (Å²) in [6.45, 7) is 2.19. The normalized spacial score (nSPS) is 10.2. The third-order valence-corrected chi connectivity index (χ3v) is 2.65. The molecule has 100 valence electrons. The quantitative estimate of drug-likeness (QED) is 0.737. The largest absolute Gasteiger partial charge is 0.469 e. The van der Waals surface area contributed by atoms with Crippen LogP contribution in [0.25, 0.3) is 0 Å². The monoisotopic (exact) mass is 254 g/mol. The van der Waals surface area contributed by atoms with Crippen LogP contribution in [0, 0.1) is 6.92 Å². The lowest BCUT2D eigenvalue weighted by molar-refractivity contribution is -0.140. The van der Waals surface area contributed by atoms with Gasteiger partial charge in [-0.15, -0.1) is 0 Å². The Bertz CT molecular complexity index is 441. The van der Waals surface area contributed by atoms with E-state index in [0.717, 1.165) is 0 Å². The molecule has 1 aromatic heterocycles. The number of H-pyrrole nitrogens is 1. The van der Waals surface area contributed by atoms with Crippen molar-refractivity contribution in [1.29, 1.82) is 0 Å². The van der Waals surface area contributed by atoms with Gasteiger partial charge in [0, 0.05) is 20.0 Å². The average molecular weight is 254 g/mol. The molecule has 18 heavy (non-hydrogen) atoms. The number of anilines is 1. The number of rotatable bonds is 5. The zero-order chi connectivity index (χ0) is 13.7. The third kappa shape index (κ3) is 3.22. The number of aromatic nitrogens is 2. The van der Waals surface area contributed by atoms with Gasteiger partial charge in [0.15, 0.2) is 5.69 Å². The van der Waals surface area contributed by atoms with Crippen LogP contribution in [-0.4, -0.2) is 47.7 Å². The van der Waals surface area contributed by atoms with E-state index in [1.807, 2.05) is 0 Å². The molecule has 0 spiro atoms. The van der Waals surface area contributed by atoms with Crippen LogP contribution >= 0.6 is 0 Å². The fourth-order valence-electron chi connectivity index (χ4n) is 1.45. The van der Waals surface area contributed by atoms with E-state index in [1.165, 1.54) is 12.0 Å². The summed E-state index contributed by atoms with van der Waals surface area (Å²) in [7, 11) is 2.98. The molecule has 1 aromatic rings. The molecule has 0 aliphatic heterocycles. The highest BCUT2D eigenvalue weighted by Crippen LogP contribution is 2.14. The second-order valence-electron chi connectivity index (χ2n) is 4.02. The van der Waals surface area contributed by atoms with Gasteiger partial charge >= 0.3 is 5.97 Å². The summed E-state index contributed by atoms with van der Waals surface area (Å²) in [6.07, 6.45) is 0.821. The first kappa shape index (κ1) is 14.0. The van der Waals surface area contributed by atoms with Gasteiger partial charge in [0.1, 0.15) is 0 Å². The van der Waals surface area contributed by atoms with Crippen molar-refractivity contribution in [2.45, 2.75) is 19.8 Å². The van der Waals surface area contributed by atoms with Crippen LogP contribution in [0.3, 0.4) is 0 Å². The number of hydrogen-bond acceptors (Lipinski definition) is 5. The van der Waals surface area contributed by atoms with E-state index in [2.05, 4.69) is 14.9 Å². The molecule has 0 bridgehead atoms. The van der Waals surface area contributed by atoms with Crippen LogP contribution < -0.4 is 5.73 Å². The highest BCUT2D eigenvalue weighted by molar-refractivity contribution is 5.97. The van der Waals surface area contributed by atoms with Crippen molar-refractivity contribution in [3.63, 3.8) is 0 Å². The van der Waals surface area contributed by atoms with Crippen LogP contribution in [0.1, 0.15) is 29.0 Å². The summed E-state index contributed by atoms with van der Waals surface area (Å²) < 4.78 is 4.52. The number of ether oxygens (including phenoxy) is 1. The van der Waals surface area contributed by atoms with Gasteiger partial charge in [-0.1, -0.05) is 0 Å². The predicted octanol–water partition coefficient (Wildman–Crippen LogP) is 0.326. The number of carbonyl (C=O) groups is 2. The number of nitrogens with one attached hydrogen (secondary N) is 1. The fraction of sp³-hybridized carbons (Fsp3) is 0.545. The van der Waals surface area contributed by atoms with Gasteiger partial charge in [-0.25, -0.2) is 0 Å². The summed E-state index contributed by atoms with van der Waals surface area (Å²) in [4.78, 5) is 24.4. The Morgan fingerprint density at radius 1 is 1.50 bits per heavy atom. The van der Waals surface area contributed by atoms with Gasteiger partial charge in [0.05, 0.1) is 18.5 Å². The van der Waals surface area contributed by atoms with Crippen molar-refractivity contribution in [1.82, 2.24) is 15.1 Å². The first-order chi connectivity index (χ1) is 8.47. The van der Waals surface area contributed by atoms with E-state index in [4.69, 9.17) is 5.73 Å². The van der Waals surface area contributed by atoms with Gasteiger partial charge < -0.3 is 15.4 Å². The number of hydrogen-bond donors (Lipinski definition) is 2. The Morgan fingerprint density at radius 2 is 2.17 bits per heavy atom. The fourth-order valence-corrected chi connectivity index (χ4v) is 1.45. The lowest BCUT2D eigenvalue weighted by atomic mass is 10.2. The Balaban J connectivity index is 2.52. The summed E-state index contributed by atoms with van der Waals surface area (Å²) in [6, 6.07) is 0. The van der Waals surface area contributed by atoms with Crippen molar-refractivity contribution in [3.8, 4) is 0 Å². The smallest absolute Gasteiger partial charge is 0.305 e. The maximum atomic E-state index is 12.0. The highest BCUT2D eigenvalue weighted by atomic mass is 16.5. The molecule has 0 radical (unpaired) electrons. The van der Waals surface area contributed by atoms with Gasteiger partial charge in [-0.2, -0.15) is 5.10 Å². The Labute approximate surface area is 105 Å². The molecular formula is C11H18N4O3. The van der Waals surface area contributed by atoms with Gasteiger partial charge in [-0.05, 0) is 13.3 Å². The van der Waals surface area contributed by atoms with Crippen LogP contribution in [0.15, 0.2) is 0 Å². The molecule has 7 heteroatoms. The SMILES string of the molecule is COC(=O)CCCN(C)C(=O)c1n[nH]c(C)c1N. The molecule has 3 N–H and O–H groups in total. The number of methoxy groups -OCH3 is 1. The molecule has 0 fully saturated rings. The summed E-state index contributed by atoms with van der Waals surface area (Å²) >= 11 is 0. The Hall–Kier alpha value is -2.05. The molecule has 0 aromatic carbocycles. The molecule has 0 aliphatic carbocycles. The van der Waals surface area contributed by atoms with Crippen molar-refractivity contribution in [2.75, 3.05) is 26.4 Å². The van der Waals surface area contributed by atoms with Crippen LogP contribution in [0.4, 0.5) is 5.69 Å². The van der Waals surface area contributed by atoms with Crippen molar-refractivity contribution in [3.05, 3.63) is 11.4 Å². The molecule has 0 aliphatic rings. The number of aryl methyl sites for hydroxylation is 1. The molecule has 0 saturated heterocycles. The zero-order valence-electron chi connectivity index (χ0n) is 10.8. The zero-order valence-corrected chi connectivity index (χ0v) is 10.8.